The van der Waals surface area contributed by atoms with Crippen molar-refractivity contribution < 1.29 is 5.11 Å². The van der Waals surface area contributed by atoms with Gasteiger partial charge in [-0.3, -0.25) is 0 Å². The summed E-state index contributed by atoms with van der Waals surface area (Å²) in [6.45, 7) is 6.37. The van der Waals surface area contributed by atoms with Gasteiger partial charge in [0, 0.05) is 10.3 Å². The average Bonchev–Trinajstić information content (AvgIpc) is 2.78. The zero-order valence-corrected chi connectivity index (χ0v) is 13.6. The summed E-state index contributed by atoms with van der Waals surface area (Å²) >= 11 is 7.72. The summed E-state index contributed by atoms with van der Waals surface area (Å²) in [5, 5.41) is 12.3. The van der Waals surface area contributed by atoms with Crippen LogP contribution < -0.4 is 0 Å². The third kappa shape index (κ3) is 2.45. The molecule has 20 heavy (non-hydrogen) atoms. The van der Waals surface area contributed by atoms with Gasteiger partial charge in [-0.05, 0) is 44.1 Å². The van der Waals surface area contributed by atoms with Crippen molar-refractivity contribution in [2.75, 3.05) is 0 Å². The fourth-order valence-electron chi connectivity index (χ4n) is 2.80. The molecule has 1 fully saturated rings. The van der Waals surface area contributed by atoms with E-state index in [1.54, 1.807) is 11.3 Å². The third-order valence-electron chi connectivity index (χ3n) is 4.35. The van der Waals surface area contributed by atoms with Gasteiger partial charge in [-0.1, -0.05) is 25.4 Å². The van der Waals surface area contributed by atoms with E-state index >= 15 is 0 Å². The van der Waals surface area contributed by atoms with Gasteiger partial charge in [0.1, 0.15) is 15.8 Å². The van der Waals surface area contributed by atoms with Crippen LogP contribution in [0.15, 0.2) is 6.07 Å². The summed E-state index contributed by atoms with van der Waals surface area (Å²) in [5.41, 5.74) is -0.394. The molecule has 0 atom stereocenters. The molecule has 3 rings (SSSR count). The fourth-order valence-corrected chi connectivity index (χ4v) is 4.35. The van der Waals surface area contributed by atoms with Crippen molar-refractivity contribution >= 4 is 33.2 Å². The maximum atomic E-state index is 11.0. The lowest BCUT2D eigenvalue weighted by Crippen LogP contribution is -2.33. The monoisotopic (exact) mass is 310 g/mol. The summed E-state index contributed by atoms with van der Waals surface area (Å²) in [4.78, 5) is 10.5. The van der Waals surface area contributed by atoms with Gasteiger partial charge < -0.3 is 5.11 Å². The summed E-state index contributed by atoms with van der Waals surface area (Å²) < 4.78 is 0. The highest BCUT2D eigenvalue weighted by molar-refractivity contribution is 7.18. The van der Waals surface area contributed by atoms with Crippen molar-refractivity contribution in [3.8, 4) is 0 Å². The second kappa shape index (κ2) is 4.65. The number of nitrogens with zero attached hydrogens (tertiary/aromatic N) is 2. The number of aromatic nitrogens is 2. The second-order valence-electron chi connectivity index (χ2n) is 6.59. The molecule has 0 amide bonds. The SMILES string of the molecule is Cc1nc(Cl)c2cc(C3(O)CCC(C)(C)CC3)sc2n1. The molecule has 1 saturated carbocycles. The number of fused-ring (bicyclic) bond motifs is 1. The predicted octanol–water partition coefficient (Wildman–Crippen LogP) is 4.44. The van der Waals surface area contributed by atoms with Crippen LogP contribution in [0.2, 0.25) is 5.15 Å². The molecule has 0 unspecified atom stereocenters. The summed E-state index contributed by atoms with van der Waals surface area (Å²) in [6, 6.07) is 1.97. The summed E-state index contributed by atoms with van der Waals surface area (Å²) in [5.74, 6) is 0.674. The van der Waals surface area contributed by atoms with Crippen molar-refractivity contribution in [3.63, 3.8) is 0 Å². The molecule has 1 aliphatic rings. The molecule has 0 radical (unpaired) electrons. The number of thiophene rings is 1. The van der Waals surface area contributed by atoms with Crippen molar-refractivity contribution in [2.45, 2.75) is 52.1 Å². The molecule has 0 bridgehead atoms. The van der Waals surface area contributed by atoms with Crippen LogP contribution in [0.5, 0.6) is 0 Å². The molecule has 5 heteroatoms. The van der Waals surface area contributed by atoms with Gasteiger partial charge in [-0.15, -0.1) is 11.3 Å². The number of hydrogen-bond donors (Lipinski definition) is 1. The van der Waals surface area contributed by atoms with Gasteiger partial charge in [0.2, 0.25) is 0 Å². The molecule has 0 aliphatic heterocycles. The van der Waals surface area contributed by atoms with Gasteiger partial charge in [-0.25, -0.2) is 9.97 Å². The van der Waals surface area contributed by atoms with Crippen molar-refractivity contribution in [1.29, 1.82) is 0 Å². The normalized spacial score (nSPS) is 21.2. The zero-order chi connectivity index (χ0) is 14.5. The minimum Gasteiger partial charge on any atom is -0.384 e. The van der Waals surface area contributed by atoms with Crippen LogP contribution in [0.4, 0.5) is 0 Å². The first-order valence-electron chi connectivity index (χ1n) is 6.96. The maximum Gasteiger partial charge on any atom is 0.141 e. The van der Waals surface area contributed by atoms with Crippen LogP contribution in [-0.4, -0.2) is 15.1 Å². The molecule has 2 aromatic rings. The van der Waals surface area contributed by atoms with E-state index in [0.717, 1.165) is 40.8 Å². The molecule has 0 spiro atoms. The van der Waals surface area contributed by atoms with Gasteiger partial charge in [0.15, 0.2) is 0 Å². The largest absolute Gasteiger partial charge is 0.384 e. The Morgan fingerprint density at radius 3 is 2.50 bits per heavy atom. The molecule has 1 aliphatic carbocycles. The molecule has 2 aromatic heterocycles. The Hall–Kier alpha value is -0.710. The topological polar surface area (TPSA) is 46.0 Å². The fraction of sp³-hybridized carbons (Fsp3) is 0.600. The number of rotatable bonds is 1. The summed E-state index contributed by atoms with van der Waals surface area (Å²) in [7, 11) is 0. The molecular weight excluding hydrogens is 292 g/mol. The maximum absolute atomic E-state index is 11.0. The van der Waals surface area contributed by atoms with Crippen LogP contribution >= 0.6 is 22.9 Å². The molecular formula is C15H19ClN2OS. The van der Waals surface area contributed by atoms with E-state index in [-0.39, 0.29) is 0 Å². The first kappa shape index (κ1) is 14.2. The van der Waals surface area contributed by atoms with Crippen LogP contribution in [0.3, 0.4) is 0 Å². The minimum atomic E-state index is -0.724. The number of hydrogen-bond acceptors (Lipinski definition) is 4. The Balaban J connectivity index is 2.00. The van der Waals surface area contributed by atoms with Crippen LogP contribution in [0, 0.1) is 12.3 Å². The standard InChI is InChI=1S/C15H19ClN2OS/c1-9-17-12(16)10-8-11(20-13(10)18-9)15(19)6-4-14(2,3)5-7-15/h8,19H,4-7H2,1-3H3. The molecule has 0 saturated heterocycles. The van der Waals surface area contributed by atoms with Gasteiger partial charge in [0.05, 0.1) is 5.60 Å². The molecule has 3 nitrogen and oxygen atoms in total. The lowest BCUT2D eigenvalue weighted by atomic mass is 9.70. The Labute approximate surface area is 128 Å². The molecule has 0 aromatic carbocycles. The first-order chi connectivity index (χ1) is 9.29. The zero-order valence-electron chi connectivity index (χ0n) is 12.0. The van der Waals surface area contributed by atoms with Crippen LogP contribution in [0.1, 0.15) is 50.2 Å². The Kier molecular flexibility index (Phi) is 3.31. The molecule has 1 N–H and O–H groups in total. The van der Waals surface area contributed by atoms with E-state index in [2.05, 4.69) is 23.8 Å². The first-order valence-corrected chi connectivity index (χ1v) is 8.15. The van der Waals surface area contributed by atoms with Crippen LogP contribution in [0.25, 0.3) is 10.2 Å². The van der Waals surface area contributed by atoms with E-state index in [1.807, 2.05) is 13.0 Å². The molecule has 2 heterocycles. The second-order valence-corrected chi connectivity index (χ2v) is 7.98. The lowest BCUT2D eigenvalue weighted by Gasteiger charge is -2.39. The Bertz CT molecular complexity index is 655. The number of aliphatic hydroxyl groups is 1. The van der Waals surface area contributed by atoms with Crippen LogP contribution in [-0.2, 0) is 5.60 Å². The number of aryl methyl sites for hydroxylation is 1. The predicted molar refractivity (Wildman–Crippen MR) is 83.3 cm³/mol. The van der Waals surface area contributed by atoms with E-state index < -0.39 is 5.60 Å². The smallest absolute Gasteiger partial charge is 0.141 e. The minimum absolute atomic E-state index is 0.330. The summed E-state index contributed by atoms with van der Waals surface area (Å²) in [6.07, 6.45) is 3.68. The Morgan fingerprint density at radius 2 is 1.85 bits per heavy atom. The molecule has 108 valence electrons. The van der Waals surface area contributed by atoms with Gasteiger partial charge in [0.25, 0.3) is 0 Å². The van der Waals surface area contributed by atoms with Gasteiger partial charge >= 0.3 is 0 Å². The third-order valence-corrected chi connectivity index (χ3v) is 5.86. The quantitative estimate of drug-likeness (QED) is 0.792. The average molecular weight is 311 g/mol. The highest BCUT2D eigenvalue weighted by Gasteiger charge is 2.39. The van der Waals surface area contributed by atoms with E-state index in [1.165, 1.54) is 0 Å². The highest BCUT2D eigenvalue weighted by Crippen LogP contribution is 2.47. The van der Waals surface area contributed by atoms with Gasteiger partial charge in [-0.2, -0.15) is 0 Å². The number of halogens is 1. The van der Waals surface area contributed by atoms with E-state index in [9.17, 15) is 5.11 Å². The van der Waals surface area contributed by atoms with Crippen molar-refractivity contribution in [1.82, 2.24) is 9.97 Å². The lowest BCUT2D eigenvalue weighted by molar-refractivity contribution is -0.0275. The van der Waals surface area contributed by atoms with Crippen molar-refractivity contribution in [3.05, 3.63) is 21.9 Å². The van der Waals surface area contributed by atoms with E-state index in [4.69, 9.17) is 11.6 Å². The van der Waals surface area contributed by atoms with Crippen molar-refractivity contribution in [2.24, 2.45) is 5.41 Å². The van der Waals surface area contributed by atoms with E-state index in [0.29, 0.717) is 16.4 Å². The highest BCUT2D eigenvalue weighted by atomic mass is 35.5. The Morgan fingerprint density at radius 1 is 1.20 bits per heavy atom.